The van der Waals surface area contributed by atoms with Gasteiger partial charge in [-0.15, -0.1) is 0 Å². The van der Waals surface area contributed by atoms with Gasteiger partial charge < -0.3 is 32.8 Å². The second-order valence-electron chi connectivity index (χ2n) is 19.9. The summed E-state index contributed by atoms with van der Waals surface area (Å²) in [5.74, 6) is 1.62. The molecule has 0 aliphatic carbocycles. The van der Waals surface area contributed by atoms with Crippen molar-refractivity contribution in [2.24, 2.45) is 5.92 Å². The summed E-state index contributed by atoms with van der Waals surface area (Å²) in [7, 11) is 0.827. The van der Waals surface area contributed by atoms with E-state index < -0.39 is 48.3 Å². The highest BCUT2D eigenvalue weighted by molar-refractivity contribution is 6.74. The Morgan fingerprint density at radius 3 is 1.84 bits per heavy atom. The van der Waals surface area contributed by atoms with Crippen molar-refractivity contribution >= 4 is 42.9 Å². The van der Waals surface area contributed by atoms with Gasteiger partial charge in [-0.1, -0.05) is 107 Å². The number of rotatable bonds is 23. The van der Waals surface area contributed by atoms with Gasteiger partial charge in [-0.2, -0.15) is 9.97 Å². The highest BCUT2D eigenvalue weighted by Gasteiger charge is 2.49. The molecule has 1 fully saturated rings. The number of methoxy groups -OCH3 is 2. The maximum Gasteiger partial charge on any atom is 0.414 e. The van der Waals surface area contributed by atoms with Crippen molar-refractivity contribution in [2.45, 2.75) is 89.1 Å². The lowest BCUT2D eigenvalue weighted by atomic mass is 9.79. The molecule has 7 aromatic rings. The molecular formula is C56H63N7O12Si. The predicted octanol–water partition coefficient (Wildman–Crippen LogP) is 11.4. The van der Waals surface area contributed by atoms with Crippen LogP contribution in [0.25, 0.3) is 11.2 Å². The van der Waals surface area contributed by atoms with E-state index in [4.69, 9.17) is 42.8 Å². The van der Waals surface area contributed by atoms with Crippen LogP contribution in [0.15, 0.2) is 134 Å². The summed E-state index contributed by atoms with van der Waals surface area (Å²) in [6, 6.07) is 37.9. The number of nitrogens with zero attached hydrogens (tertiary/aromatic N) is 6. The van der Waals surface area contributed by atoms with E-state index in [0.29, 0.717) is 36.7 Å². The molecule has 0 unspecified atom stereocenters. The normalized spacial score (nSPS) is 15.9. The number of imidazole rings is 1. The van der Waals surface area contributed by atoms with Crippen LogP contribution in [-0.2, 0) is 37.1 Å². The first-order chi connectivity index (χ1) is 36.4. The molecule has 398 valence electrons. The Bertz CT molecular complexity index is 3050. The maximum atomic E-state index is 13.4. The first kappa shape index (κ1) is 54.5. The first-order valence-corrected chi connectivity index (χ1v) is 27.9. The van der Waals surface area contributed by atoms with Gasteiger partial charge >= 0.3 is 6.09 Å². The summed E-state index contributed by atoms with van der Waals surface area (Å²) in [4.78, 5) is 49.0. The van der Waals surface area contributed by atoms with E-state index in [9.17, 15) is 25.0 Å². The summed E-state index contributed by atoms with van der Waals surface area (Å²) in [5.41, 5.74) is 3.35. The Morgan fingerprint density at radius 1 is 0.776 bits per heavy atom. The maximum absolute atomic E-state index is 13.4. The fourth-order valence-electron chi connectivity index (χ4n) is 9.05. The van der Waals surface area contributed by atoms with E-state index in [2.05, 4.69) is 51.1 Å². The highest BCUT2D eigenvalue weighted by atomic mass is 28.4. The Labute approximate surface area is 441 Å². The van der Waals surface area contributed by atoms with Crippen LogP contribution in [0, 0.1) is 26.1 Å². The number of benzene rings is 5. The van der Waals surface area contributed by atoms with Crippen LogP contribution in [0.5, 0.6) is 17.4 Å². The zero-order chi connectivity index (χ0) is 54.2. The third-order valence-corrected chi connectivity index (χ3v) is 19.3. The van der Waals surface area contributed by atoms with Gasteiger partial charge in [0.15, 0.2) is 19.5 Å². The van der Waals surface area contributed by atoms with Crippen molar-refractivity contribution in [3.8, 4) is 17.4 Å². The minimum Gasteiger partial charge on any atom is -0.497 e. The van der Waals surface area contributed by atoms with E-state index in [1.807, 2.05) is 78.9 Å². The zero-order valence-electron chi connectivity index (χ0n) is 43.8. The highest BCUT2D eigenvalue weighted by Crippen LogP contribution is 2.48. The number of non-ortho nitro benzene ring substituents is 2. The zero-order valence-corrected chi connectivity index (χ0v) is 44.8. The molecule has 1 amide bonds. The molecule has 76 heavy (non-hydrogen) atoms. The van der Waals surface area contributed by atoms with Gasteiger partial charge in [-0.05, 0) is 76.1 Å². The molecule has 0 radical (unpaired) electrons. The van der Waals surface area contributed by atoms with Crippen molar-refractivity contribution in [1.29, 1.82) is 0 Å². The van der Waals surface area contributed by atoms with Crippen LogP contribution in [0.2, 0.25) is 18.1 Å². The van der Waals surface area contributed by atoms with E-state index >= 15 is 0 Å². The molecule has 19 nitrogen and oxygen atoms in total. The molecule has 0 saturated carbocycles. The average molecular weight is 1050 g/mol. The monoisotopic (exact) mass is 1050 g/mol. The standard InChI is InChI=1S/C56H63N7O12Si/c1-37(2)55(3,4)76(7,8)73-35-48-47(75-56(40-12-10-9-11-13-40,41-18-26-45(69-5)27-19-41)42-20-28-46(70-6)29-21-42)34-49(74-48)61-36-57-50-51(61)58-53(59-52(50)71-32-30-38-14-22-43(23-15-38)62(65)66)60-54(64)72-33-31-39-16-24-44(25-17-39)63(67)68/h9-29,36-37,47-49H,30-35H2,1-8H3,(H,58,59,60,64)/t47-,48+,49+/m0/s1. The Balaban J connectivity index is 1.17. The molecule has 1 N–H and O–H groups in total. The van der Waals surface area contributed by atoms with Crippen LogP contribution in [-0.4, -0.2) is 90.0 Å². The second-order valence-corrected chi connectivity index (χ2v) is 24.5. The summed E-state index contributed by atoms with van der Waals surface area (Å²) in [5, 5.41) is 25.0. The lowest BCUT2D eigenvalue weighted by Gasteiger charge is -2.43. The summed E-state index contributed by atoms with van der Waals surface area (Å²) < 4.78 is 46.8. The molecule has 1 aliphatic heterocycles. The van der Waals surface area contributed by atoms with Crippen LogP contribution in [0.3, 0.4) is 0 Å². The number of fused-ring (bicyclic) bond motifs is 1. The summed E-state index contributed by atoms with van der Waals surface area (Å²) >= 11 is 0. The van der Waals surface area contributed by atoms with Crippen molar-refractivity contribution in [3.05, 3.63) is 182 Å². The van der Waals surface area contributed by atoms with E-state index in [0.717, 1.165) is 27.8 Å². The number of aromatic nitrogens is 4. The van der Waals surface area contributed by atoms with Gasteiger partial charge in [0.2, 0.25) is 11.8 Å². The number of amides is 1. The molecular weight excluding hydrogens is 991 g/mol. The fourth-order valence-corrected chi connectivity index (χ4v) is 11.4. The second kappa shape index (κ2) is 23.4. The van der Waals surface area contributed by atoms with E-state index in [-0.39, 0.29) is 59.2 Å². The van der Waals surface area contributed by atoms with Gasteiger partial charge in [-0.25, -0.2) is 9.78 Å². The van der Waals surface area contributed by atoms with Crippen molar-refractivity contribution in [2.75, 3.05) is 39.4 Å². The van der Waals surface area contributed by atoms with Gasteiger partial charge in [0.25, 0.3) is 11.4 Å². The lowest BCUT2D eigenvalue weighted by molar-refractivity contribution is -0.385. The number of ether oxygens (including phenoxy) is 6. The molecule has 2 aromatic heterocycles. The van der Waals surface area contributed by atoms with Gasteiger partial charge in [-0.3, -0.25) is 30.1 Å². The molecule has 3 heterocycles. The number of nitrogens with one attached hydrogen (secondary N) is 1. The van der Waals surface area contributed by atoms with Gasteiger partial charge in [0.05, 0.1) is 56.3 Å². The Hall–Kier alpha value is -7.78. The predicted molar refractivity (Wildman–Crippen MR) is 287 cm³/mol. The van der Waals surface area contributed by atoms with Crippen molar-refractivity contribution < 1.29 is 47.5 Å². The molecule has 1 aliphatic rings. The number of hydrogen-bond acceptors (Lipinski definition) is 15. The average Bonchev–Trinajstić information content (AvgIpc) is 4.07. The molecule has 3 atom stereocenters. The van der Waals surface area contributed by atoms with Crippen molar-refractivity contribution in [3.63, 3.8) is 0 Å². The topological polar surface area (TPSA) is 224 Å². The van der Waals surface area contributed by atoms with Gasteiger partial charge in [0, 0.05) is 43.5 Å². The lowest BCUT2D eigenvalue weighted by Crippen LogP contribution is -2.48. The van der Waals surface area contributed by atoms with Crippen LogP contribution < -0.4 is 19.5 Å². The minimum absolute atomic E-state index is 0.0314. The molecule has 5 aromatic carbocycles. The Kier molecular flexibility index (Phi) is 16.8. The smallest absolute Gasteiger partial charge is 0.414 e. The van der Waals surface area contributed by atoms with E-state index in [1.54, 1.807) is 49.4 Å². The van der Waals surface area contributed by atoms with Gasteiger partial charge in [0.1, 0.15) is 29.4 Å². The van der Waals surface area contributed by atoms with E-state index in [1.165, 1.54) is 24.3 Å². The molecule has 0 spiro atoms. The largest absolute Gasteiger partial charge is 0.497 e. The number of hydrogen-bond donors (Lipinski definition) is 1. The van der Waals surface area contributed by atoms with Crippen LogP contribution in [0.4, 0.5) is 22.1 Å². The first-order valence-electron chi connectivity index (χ1n) is 25.0. The number of nitro groups is 2. The molecule has 1 saturated heterocycles. The summed E-state index contributed by atoms with van der Waals surface area (Å²) in [6.07, 6.45) is -0.293. The van der Waals surface area contributed by atoms with Crippen LogP contribution >= 0.6 is 0 Å². The number of carbonyl (C=O) groups excluding carboxylic acids is 1. The minimum atomic E-state index is -2.43. The quantitative estimate of drug-likeness (QED) is 0.0272. The summed E-state index contributed by atoms with van der Waals surface area (Å²) in [6.45, 7) is 13.7. The third-order valence-electron chi connectivity index (χ3n) is 14.7. The number of anilines is 1. The SMILES string of the molecule is COc1ccc(C(O[C@H]2C[C@H](n3cnc4c(OCCc5ccc([N+](=O)[O-])cc5)nc(NC(=O)OCCc5ccc([N+](=O)[O-])cc5)nc43)O[C@@H]2CO[Si](C)(C)C(C)(C)C(C)C)(c2ccccc2)c2ccc(OC)cc2)cc1. The van der Waals surface area contributed by atoms with Crippen molar-refractivity contribution in [1.82, 2.24) is 19.5 Å². The van der Waals surface area contributed by atoms with Crippen LogP contribution in [0.1, 0.15) is 68.2 Å². The molecule has 0 bridgehead atoms. The number of nitro benzene ring substituents is 2. The number of carbonyl (C=O) groups is 1. The molecule has 20 heteroatoms. The fraction of sp³-hybridized carbons (Fsp3) is 0.357. The third kappa shape index (κ3) is 12.0. The molecule has 8 rings (SSSR count). The Morgan fingerprint density at radius 2 is 1.32 bits per heavy atom.